The second-order valence-electron chi connectivity index (χ2n) is 3.43. The zero-order chi connectivity index (χ0) is 10.1. The summed E-state index contributed by atoms with van der Waals surface area (Å²) in [5.74, 6) is 0.833. The van der Waals surface area contributed by atoms with E-state index in [2.05, 4.69) is 20.5 Å². The lowest BCUT2D eigenvalue weighted by Crippen LogP contribution is -2.34. The molecule has 1 saturated heterocycles. The highest BCUT2D eigenvalue weighted by molar-refractivity contribution is 5.34. The molecule has 3 rings (SSSR count). The molecule has 2 aromatic heterocycles. The summed E-state index contributed by atoms with van der Waals surface area (Å²) in [6.45, 7) is 2.39. The number of hydrogen-bond acceptors (Lipinski definition) is 5. The predicted molar refractivity (Wildman–Crippen MR) is 52.3 cm³/mol. The van der Waals surface area contributed by atoms with Crippen molar-refractivity contribution in [2.45, 2.75) is 6.10 Å². The first-order valence-corrected chi connectivity index (χ1v) is 4.92. The van der Waals surface area contributed by atoms with Gasteiger partial charge in [0, 0.05) is 25.5 Å². The zero-order valence-corrected chi connectivity index (χ0v) is 8.13. The Morgan fingerprint density at radius 2 is 2.47 bits per heavy atom. The molecular formula is C9H11N5O. The summed E-state index contributed by atoms with van der Waals surface area (Å²) in [5, 5.41) is 11.4. The Kier molecular flexibility index (Phi) is 2.08. The van der Waals surface area contributed by atoms with Crippen molar-refractivity contribution in [2.24, 2.45) is 0 Å². The van der Waals surface area contributed by atoms with Crippen LogP contribution < -0.4 is 5.32 Å². The van der Waals surface area contributed by atoms with Crippen molar-refractivity contribution < 1.29 is 4.74 Å². The summed E-state index contributed by atoms with van der Waals surface area (Å²) in [7, 11) is 0. The molecule has 15 heavy (non-hydrogen) atoms. The van der Waals surface area contributed by atoms with Crippen molar-refractivity contribution in [1.82, 2.24) is 24.9 Å². The maximum Gasteiger partial charge on any atom is 0.179 e. The van der Waals surface area contributed by atoms with E-state index >= 15 is 0 Å². The largest absolute Gasteiger partial charge is 0.368 e. The minimum absolute atomic E-state index is 0.0175. The normalized spacial score (nSPS) is 22.0. The number of aromatic nitrogens is 4. The molecular weight excluding hydrogens is 194 g/mol. The Morgan fingerprint density at radius 1 is 1.47 bits per heavy atom. The number of morpholine rings is 1. The molecule has 1 N–H and O–H groups in total. The van der Waals surface area contributed by atoms with Crippen LogP contribution in [0.4, 0.5) is 0 Å². The highest BCUT2D eigenvalue weighted by Crippen LogP contribution is 2.16. The second kappa shape index (κ2) is 3.56. The molecule has 1 fully saturated rings. The van der Waals surface area contributed by atoms with Gasteiger partial charge in [0.1, 0.15) is 6.10 Å². The van der Waals surface area contributed by atoms with Gasteiger partial charge >= 0.3 is 0 Å². The summed E-state index contributed by atoms with van der Waals surface area (Å²) >= 11 is 0. The number of hydrogen-bond donors (Lipinski definition) is 1. The molecule has 0 bridgehead atoms. The number of ether oxygens (including phenoxy) is 1. The van der Waals surface area contributed by atoms with Crippen LogP contribution in [-0.4, -0.2) is 39.3 Å². The van der Waals surface area contributed by atoms with E-state index in [1.165, 1.54) is 0 Å². The maximum absolute atomic E-state index is 5.62. The molecule has 1 aliphatic heterocycles. The Labute approximate surface area is 86.3 Å². The maximum atomic E-state index is 5.62. The minimum Gasteiger partial charge on any atom is -0.368 e. The van der Waals surface area contributed by atoms with Gasteiger partial charge in [-0.15, -0.1) is 10.2 Å². The molecule has 0 aliphatic carbocycles. The summed E-state index contributed by atoms with van der Waals surface area (Å²) in [4.78, 5) is 3.99. The lowest BCUT2D eigenvalue weighted by atomic mass is 10.3. The average Bonchev–Trinajstić information content (AvgIpc) is 2.74. The molecule has 6 nitrogen and oxygen atoms in total. The molecule has 0 saturated carbocycles. The van der Waals surface area contributed by atoms with Crippen LogP contribution in [0.3, 0.4) is 0 Å². The summed E-state index contributed by atoms with van der Waals surface area (Å²) in [5.41, 5.74) is 0.752. The molecule has 2 aromatic rings. The van der Waals surface area contributed by atoms with E-state index < -0.39 is 0 Å². The number of nitrogens with one attached hydrogen (secondary N) is 1. The van der Waals surface area contributed by atoms with Crippen LogP contribution in [0.1, 0.15) is 11.9 Å². The Bertz CT molecular complexity index is 462. The van der Waals surface area contributed by atoms with Gasteiger partial charge in [0.15, 0.2) is 11.5 Å². The van der Waals surface area contributed by atoms with E-state index in [4.69, 9.17) is 4.74 Å². The number of fused-ring (bicyclic) bond motifs is 1. The van der Waals surface area contributed by atoms with Gasteiger partial charge in [0.05, 0.1) is 12.8 Å². The molecule has 1 atom stereocenters. The summed E-state index contributed by atoms with van der Waals surface area (Å²) in [6, 6.07) is 0. The van der Waals surface area contributed by atoms with E-state index in [-0.39, 0.29) is 6.10 Å². The molecule has 0 spiro atoms. The van der Waals surface area contributed by atoms with E-state index in [1.807, 2.05) is 10.6 Å². The zero-order valence-electron chi connectivity index (χ0n) is 8.13. The van der Waals surface area contributed by atoms with Crippen molar-refractivity contribution >= 4 is 5.65 Å². The molecule has 1 aliphatic rings. The molecule has 0 radical (unpaired) electrons. The number of rotatable bonds is 1. The first-order chi connectivity index (χ1) is 7.45. The van der Waals surface area contributed by atoms with Crippen molar-refractivity contribution in [2.75, 3.05) is 19.7 Å². The van der Waals surface area contributed by atoms with Crippen LogP contribution in [-0.2, 0) is 4.74 Å². The highest BCUT2D eigenvalue weighted by atomic mass is 16.5. The summed E-state index contributed by atoms with van der Waals surface area (Å²) in [6.07, 6.45) is 5.24. The van der Waals surface area contributed by atoms with Gasteiger partial charge in [0.2, 0.25) is 0 Å². The quantitative estimate of drug-likeness (QED) is 0.697. The fraction of sp³-hybridized carbons (Fsp3) is 0.444. The van der Waals surface area contributed by atoms with E-state index in [0.717, 1.165) is 24.6 Å². The Balaban J connectivity index is 2.02. The van der Waals surface area contributed by atoms with Crippen molar-refractivity contribution in [1.29, 1.82) is 0 Å². The van der Waals surface area contributed by atoms with Crippen molar-refractivity contribution in [3.8, 4) is 0 Å². The van der Waals surface area contributed by atoms with Gasteiger partial charge in [-0.1, -0.05) is 0 Å². The Morgan fingerprint density at radius 3 is 3.33 bits per heavy atom. The first-order valence-electron chi connectivity index (χ1n) is 4.92. The van der Waals surface area contributed by atoms with Crippen molar-refractivity contribution in [3.63, 3.8) is 0 Å². The van der Waals surface area contributed by atoms with E-state index in [1.54, 1.807) is 12.4 Å². The molecule has 78 valence electrons. The fourth-order valence-corrected chi connectivity index (χ4v) is 1.72. The van der Waals surface area contributed by atoms with Gasteiger partial charge in [-0.05, 0) is 0 Å². The minimum atomic E-state index is -0.0175. The predicted octanol–water partition coefficient (Wildman–Crippen LogP) is -0.215. The topological polar surface area (TPSA) is 64.3 Å². The molecule has 0 amide bonds. The van der Waals surface area contributed by atoms with Crippen LogP contribution >= 0.6 is 0 Å². The molecule has 6 heteroatoms. The van der Waals surface area contributed by atoms with Gasteiger partial charge in [0.25, 0.3) is 0 Å². The fourth-order valence-electron chi connectivity index (χ4n) is 1.72. The molecule has 1 unspecified atom stereocenters. The second-order valence-corrected chi connectivity index (χ2v) is 3.43. The molecule has 0 aromatic carbocycles. The third kappa shape index (κ3) is 1.47. The average molecular weight is 205 g/mol. The lowest BCUT2D eigenvalue weighted by molar-refractivity contribution is 0.0215. The SMILES string of the molecule is c1cn2c(C3CNCCO3)nnc2cn1. The van der Waals surface area contributed by atoms with Crippen LogP contribution in [0.25, 0.3) is 5.65 Å². The lowest BCUT2D eigenvalue weighted by Gasteiger charge is -2.21. The number of nitrogens with zero attached hydrogens (tertiary/aromatic N) is 4. The van der Waals surface area contributed by atoms with Crippen LogP contribution in [0.2, 0.25) is 0 Å². The van der Waals surface area contributed by atoms with Gasteiger partial charge in [-0.3, -0.25) is 9.38 Å². The first kappa shape index (κ1) is 8.75. The van der Waals surface area contributed by atoms with Crippen LogP contribution in [0.15, 0.2) is 18.6 Å². The monoisotopic (exact) mass is 205 g/mol. The third-order valence-electron chi connectivity index (χ3n) is 2.46. The van der Waals surface area contributed by atoms with Gasteiger partial charge in [-0.2, -0.15) is 0 Å². The van der Waals surface area contributed by atoms with Crippen LogP contribution in [0, 0.1) is 0 Å². The van der Waals surface area contributed by atoms with Gasteiger partial charge in [-0.25, -0.2) is 0 Å². The Hall–Kier alpha value is -1.53. The molecule has 3 heterocycles. The third-order valence-corrected chi connectivity index (χ3v) is 2.46. The smallest absolute Gasteiger partial charge is 0.179 e. The van der Waals surface area contributed by atoms with E-state index in [9.17, 15) is 0 Å². The van der Waals surface area contributed by atoms with E-state index in [0.29, 0.717) is 6.61 Å². The standard InChI is InChI=1S/C9H11N5O/c1-3-14-8(6-10-1)12-13-9(14)7-5-11-2-4-15-7/h1,3,6-7,11H,2,4-5H2. The van der Waals surface area contributed by atoms with Gasteiger partial charge < -0.3 is 10.1 Å². The van der Waals surface area contributed by atoms with Crippen molar-refractivity contribution in [3.05, 3.63) is 24.4 Å². The summed E-state index contributed by atoms with van der Waals surface area (Å²) < 4.78 is 7.53. The van der Waals surface area contributed by atoms with Crippen LogP contribution in [0.5, 0.6) is 0 Å². The highest BCUT2D eigenvalue weighted by Gasteiger charge is 2.20.